The predicted octanol–water partition coefficient (Wildman–Crippen LogP) is 3.74. The summed E-state index contributed by atoms with van der Waals surface area (Å²) >= 11 is 0. The van der Waals surface area contributed by atoms with Crippen molar-refractivity contribution in [3.05, 3.63) is 60.3 Å². The summed E-state index contributed by atoms with van der Waals surface area (Å²) in [6.07, 6.45) is 1.99. The van der Waals surface area contributed by atoms with Gasteiger partial charge in [0.25, 0.3) is 0 Å². The minimum atomic E-state index is -0.734. The highest BCUT2D eigenvalue weighted by molar-refractivity contribution is 6.03. The van der Waals surface area contributed by atoms with Crippen LogP contribution >= 0.6 is 0 Å². The predicted molar refractivity (Wildman–Crippen MR) is 99.0 cm³/mol. The summed E-state index contributed by atoms with van der Waals surface area (Å²) in [6.45, 7) is 0.516. The van der Waals surface area contributed by atoms with Crippen LogP contribution in [0.4, 0.5) is 20.2 Å². The number of carbonyl (C=O) groups excluding carboxylic acids is 1. The largest absolute Gasteiger partial charge is 0.495 e. The number of halogens is 2. The molecular formula is C20H17F2N3O2. The van der Waals surface area contributed by atoms with Crippen LogP contribution in [0.5, 0.6) is 5.75 Å². The number of carbonyl (C=O) groups is 1. The van der Waals surface area contributed by atoms with Crippen LogP contribution < -0.4 is 15.0 Å². The van der Waals surface area contributed by atoms with Gasteiger partial charge in [0.2, 0.25) is 5.91 Å². The zero-order valence-electron chi connectivity index (χ0n) is 14.6. The number of amides is 1. The molecule has 1 aliphatic rings. The Morgan fingerprint density at radius 2 is 2.04 bits per heavy atom. The van der Waals surface area contributed by atoms with Crippen LogP contribution in [-0.2, 0) is 4.79 Å². The fraction of sp³-hybridized carbons (Fsp3) is 0.200. The molecule has 1 amide bonds. The van der Waals surface area contributed by atoms with Crippen molar-refractivity contribution in [3.8, 4) is 5.75 Å². The second kappa shape index (κ2) is 6.83. The van der Waals surface area contributed by atoms with Crippen molar-refractivity contribution >= 4 is 28.2 Å². The summed E-state index contributed by atoms with van der Waals surface area (Å²) in [5, 5.41) is 3.42. The minimum absolute atomic E-state index is 0.0634. The molecule has 1 aromatic heterocycles. The van der Waals surface area contributed by atoms with Crippen molar-refractivity contribution in [1.29, 1.82) is 0 Å². The summed E-state index contributed by atoms with van der Waals surface area (Å²) in [5.74, 6) is -0.933. The number of benzene rings is 2. The molecule has 4 rings (SSSR count). The minimum Gasteiger partial charge on any atom is -0.495 e. The lowest BCUT2D eigenvalue weighted by molar-refractivity contribution is -0.117. The molecule has 0 saturated carbocycles. The van der Waals surface area contributed by atoms with Crippen LogP contribution in [0.3, 0.4) is 0 Å². The lowest BCUT2D eigenvalue weighted by atomic mass is 10.1. The van der Waals surface area contributed by atoms with E-state index in [4.69, 9.17) is 4.74 Å². The quantitative estimate of drug-likeness (QED) is 0.761. The number of aromatic nitrogens is 1. The summed E-state index contributed by atoms with van der Waals surface area (Å²) in [7, 11) is 1.56. The highest BCUT2D eigenvalue weighted by Crippen LogP contribution is 2.33. The van der Waals surface area contributed by atoms with Gasteiger partial charge in [-0.05, 0) is 30.7 Å². The maximum atomic E-state index is 14.0. The van der Waals surface area contributed by atoms with Crippen molar-refractivity contribution < 1.29 is 18.3 Å². The molecule has 0 aliphatic carbocycles. The van der Waals surface area contributed by atoms with Crippen LogP contribution in [0.15, 0.2) is 48.7 Å². The zero-order chi connectivity index (χ0) is 19.0. The first-order valence-electron chi connectivity index (χ1n) is 8.53. The monoisotopic (exact) mass is 369 g/mol. The Hall–Kier alpha value is -3.22. The Morgan fingerprint density at radius 3 is 2.85 bits per heavy atom. The van der Waals surface area contributed by atoms with Gasteiger partial charge in [0.15, 0.2) is 5.82 Å². The number of ether oxygens (including phenoxy) is 1. The maximum Gasteiger partial charge on any atom is 0.249 e. The molecule has 2 aromatic carbocycles. The molecule has 1 unspecified atom stereocenters. The number of pyridine rings is 1. The number of hydrogen-bond acceptors (Lipinski definition) is 4. The second-order valence-electron chi connectivity index (χ2n) is 6.29. The Kier molecular flexibility index (Phi) is 4.35. The van der Waals surface area contributed by atoms with Crippen LogP contribution in [-0.4, -0.2) is 30.6 Å². The highest BCUT2D eigenvalue weighted by atomic mass is 19.1. The van der Waals surface area contributed by atoms with E-state index in [1.807, 2.05) is 18.2 Å². The van der Waals surface area contributed by atoms with Crippen LogP contribution in [0, 0.1) is 11.6 Å². The molecule has 0 radical (unpaired) electrons. The van der Waals surface area contributed by atoms with Crippen molar-refractivity contribution in [1.82, 2.24) is 4.98 Å². The van der Waals surface area contributed by atoms with Crippen LogP contribution in [0.2, 0.25) is 0 Å². The fourth-order valence-electron chi connectivity index (χ4n) is 3.40. The topological polar surface area (TPSA) is 54.5 Å². The summed E-state index contributed by atoms with van der Waals surface area (Å²) in [4.78, 5) is 18.5. The fourth-order valence-corrected chi connectivity index (χ4v) is 3.40. The van der Waals surface area contributed by atoms with E-state index >= 15 is 0 Å². The first kappa shape index (κ1) is 17.2. The Bertz CT molecular complexity index is 1030. The third kappa shape index (κ3) is 3.05. The van der Waals surface area contributed by atoms with Gasteiger partial charge >= 0.3 is 0 Å². The lowest BCUT2D eigenvalue weighted by Gasteiger charge is -2.20. The standard InChI is InChI=1S/C20H17F2N3O2/c1-27-18-5-3-2-4-17(18)25-9-7-16(20(25)26)24-15-6-8-23-19-13(15)10-12(21)11-14(19)22/h2-6,8,10-11,16H,7,9H2,1H3,(H,23,24). The average Bonchev–Trinajstić information content (AvgIpc) is 3.02. The summed E-state index contributed by atoms with van der Waals surface area (Å²) in [6, 6.07) is 10.4. The lowest BCUT2D eigenvalue weighted by Crippen LogP contribution is -2.33. The van der Waals surface area contributed by atoms with Crippen molar-refractivity contribution in [2.75, 3.05) is 23.9 Å². The molecule has 1 aliphatic heterocycles. The van der Waals surface area contributed by atoms with E-state index in [0.29, 0.717) is 35.5 Å². The Morgan fingerprint density at radius 1 is 1.22 bits per heavy atom. The zero-order valence-corrected chi connectivity index (χ0v) is 14.6. The first-order chi connectivity index (χ1) is 13.1. The number of anilines is 2. The third-order valence-corrected chi connectivity index (χ3v) is 4.67. The first-order valence-corrected chi connectivity index (χ1v) is 8.53. The summed E-state index contributed by atoms with van der Waals surface area (Å²) in [5.41, 5.74) is 1.23. The maximum absolute atomic E-state index is 14.0. The van der Waals surface area contributed by atoms with E-state index < -0.39 is 17.7 Å². The van der Waals surface area contributed by atoms with E-state index in [-0.39, 0.29) is 11.4 Å². The smallest absolute Gasteiger partial charge is 0.249 e. The number of nitrogens with one attached hydrogen (secondary N) is 1. The van der Waals surface area contributed by atoms with E-state index in [1.165, 1.54) is 12.3 Å². The van der Waals surface area contributed by atoms with Gasteiger partial charge < -0.3 is 15.0 Å². The average molecular weight is 369 g/mol. The van der Waals surface area contributed by atoms with Gasteiger partial charge in [-0.2, -0.15) is 0 Å². The van der Waals surface area contributed by atoms with Gasteiger partial charge in [0, 0.05) is 29.9 Å². The highest BCUT2D eigenvalue weighted by Gasteiger charge is 2.34. The van der Waals surface area contributed by atoms with Gasteiger partial charge in [-0.1, -0.05) is 12.1 Å². The molecule has 0 bridgehead atoms. The number of para-hydroxylation sites is 2. The van der Waals surface area contributed by atoms with Gasteiger partial charge in [-0.25, -0.2) is 8.78 Å². The molecule has 1 fully saturated rings. The van der Waals surface area contributed by atoms with E-state index in [1.54, 1.807) is 24.1 Å². The number of nitrogens with zero attached hydrogens (tertiary/aromatic N) is 2. The third-order valence-electron chi connectivity index (χ3n) is 4.67. The van der Waals surface area contributed by atoms with Crippen LogP contribution in [0.1, 0.15) is 6.42 Å². The number of hydrogen-bond donors (Lipinski definition) is 1. The van der Waals surface area contributed by atoms with Crippen molar-refractivity contribution in [2.24, 2.45) is 0 Å². The second-order valence-corrected chi connectivity index (χ2v) is 6.29. The molecule has 7 heteroatoms. The number of methoxy groups -OCH3 is 1. The van der Waals surface area contributed by atoms with Gasteiger partial charge in [-0.15, -0.1) is 0 Å². The number of fused-ring (bicyclic) bond motifs is 1. The Labute approximate surface area is 154 Å². The van der Waals surface area contributed by atoms with Crippen molar-refractivity contribution in [3.63, 3.8) is 0 Å². The SMILES string of the molecule is COc1ccccc1N1CCC(Nc2ccnc3c(F)cc(F)cc23)C1=O. The normalized spacial score (nSPS) is 16.8. The van der Waals surface area contributed by atoms with Gasteiger partial charge in [0.1, 0.15) is 23.1 Å². The molecule has 1 N–H and O–H groups in total. The molecule has 2 heterocycles. The number of rotatable bonds is 4. The Balaban J connectivity index is 1.63. The van der Waals surface area contributed by atoms with E-state index in [9.17, 15) is 13.6 Å². The molecule has 3 aromatic rings. The van der Waals surface area contributed by atoms with Crippen molar-refractivity contribution in [2.45, 2.75) is 12.5 Å². The summed E-state index contributed by atoms with van der Waals surface area (Å²) < 4.78 is 33.0. The molecule has 1 atom stereocenters. The molecule has 1 saturated heterocycles. The molecule has 27 heavy (non-hydrogen) atoms. The molecule has 0 spiro atoms. The molecule has 5 nitrogen and oxygen atoms in total. The molecular weight excluding hydrogens is 352 g/mol. The molecule has 138 valence electrons. The van der Waals surface area contributed by atoms with E-state index in [2.05, 4.69) is 10.3 Å². The van der Waals surface area contributed by atoms with Gasteiger partial charge in [-0.3, -0.25) is 9.78 Å². The van der Waals surface area contributed by atoms with Crippen LogP contribution in [0.25, 0.3) is 10.9 Å². The van der Waals surface area contributed by atoms with E-state index in [0.717, 1.165) is 6.07 Å². The van der Waals surface area contributed by atoms with Gasteiger partial charge in [0.05, 0.1) is 12.8 Å².